The van der Waals surface area contributed by atoms with E-state index >= 15 is 0 Å². The molecule has 1 N–H and O–H groups in total. The third-order valence-corrected chi connectivity index (χ3v) is 2.90. The second-order valence-electron chi connectivity index (χ2n) is 5.83. The van der Waals surface area contributed by atoms with Gasteiger partial charge in [-0.25, -0.2) is 19.1 Å². The molecule has 1 heterocycles. The van der Waals surface area contributed by atoms with E-state index in [0.717, 1.165) is 0 Å². The Bertz CT molecular complexity index is 755. The standard InChI is InChI=1S/C15H18N2O5/c1-8-16-12-10(17(8)14(20)22-15(2,3)4)6-9(7-11(12)18)13(19)21-5/h6-7,18H,1-5H3. The summed E-state index contributed by atoms with van der Waals surface area (Å²) in [7, 11) is 1.24. The van der Waals surface area contributed by atoms with Crippen LogP contribution in [-0.2, 0) is 9.47 Å². The number of rotatable bonds is 1. The third kappa shape index (κ3) is 2.88. The number of phenolic OH excluding ortho intramolecular Hbond substituents is 1. The highest BCUT2D eigenvalue weighted by molar-refractivity contribution is 5.98. The third-order valence-electron chi connectivity index (χ3n) is 2.90. The summed E-state index contributed by atoms with van der Waals surface area (Å²) in [5.41, 5.74) is -0.0531. The Hall–Kier alpha value is -2.57. The molecule has 118 valence electrons. The van der Waals surface area contributed by atoms with Crippen LogP contribution in [0.25, 0.3) is 11.0 Å². The molecule has 0 unspecified atom stereocenters. The molecule has 0 fully saturated rings. The van der Waals surface area contributed by atoms with E-state index in [4.69, 9.17) is 4.74 Å². The minimum atomic E-state index is -0.678. The zero-order valence-electron chi connectivity index (χ0n) is 13.1. The SMILES string of the molecule is COC(=O)c1cc(O)c2nc(C)n(C(=O)OC(C)(C)C)c2c1. The van der Waals surface area contributed by atoms with Gasteiger partial charge in [0, 0.05) is 0 Å². The smallest absolute Gasteiger partial charge is 0.420 e. The Morgan fingerprint density at radius 1 is 1.27 bits per heavy atom. The van der Waals surface area contributed by atoms with Crippen LogP contribution in [0.2, 0.25) is 0 Å². The van der Waals surface area contributed by atoms with E-state index in [1.807, 2.05) is 0 Å². The monoisotopic (exact) mass is 306 g/mol. The summed E-state index contributed by atoms with van der Waals surface area (Å²) < 4.78 is 11.2. The van der Waals surface area contributed by atoms with Gasteiger partial charge >= 0.3 is 12.1 Å². The first-order valence-electron chi connectivity index (χ1n) is 6.68. The van der Waals surface area contributed by atoms with Crippen molar-refractivity contribution in [1.29, 1.82) is 0 Å². The van der Waals surface area contributed by atoms with Gasteiger partial charge in [-0.3, -0.25) is 0 Å². The Kier molecular flexibility index (Phi) is 3.83. The fraction of sp³-hybridized carbons (Fsp3) is 0.400. The van der Waals surface area contributed by atoms with Crippen molar-refractivity contribution >= 4 is 23.1 Å². The van der Waals surface area contributed by atoms with Crippen LogP contribution in [0, 0.1) is 6.92 Å². The molecule has 0 saturated heterocycles. The molecular weight excluding hydrogens is 288 g/mol. The topological polar surface area (TPSA) is 90.6 Å². The Morgan fingerprint density at radius 3 is 2.45 bits per heavy atom. The summed E-state index contributed by atoms with van der Waals surface area (Å²) in [5.74, 6) is -0.475. The molecule has 2 aromatic rings. The van der Waals surface area contributed by atoms with Crippen molar-refractivity contribution in [3.05, 3.63) is 23.5 Å². The van der Waals surface area contributed by atoms with E-state index in [-0.39, 0.29) is 22.3 Å². The predicted molar refractivity (Wildman–Crippen MR) is 79.1 cm³/mol. The molecule has 0 spiro atoms. The van der Waals surface area contributed by atoms with Gasteiger partial charge in [0.2, 0.25) is 0 Å². The molecule has 0 aliphatic rings. The lowest BCUT2D eigenvalue weighted by Gasteiger charge is -2.20. The van der Waals surface area contributed by atoms with Crippen LogP contribution in [0.3, 0.4) is 0 Å². The van der Waals surface area contributed by atoms with E-state index < -0.39 is 17.7 Å². The minimum Gasteiger partial charge on any atom is -0.506 e. The first-order valence-corrected chi connectivity index (χ1v) is 6.68. The molecule has 22 heavy (non-hydrogen) atoms. The fourth-order valence-electron chi connectivity index (χ4n) is 2.05. The number of ether oxygens (including phenoxy) is 2. The van der Waals surface area contributed by atoms with E-state index in [9.17, 15) is 14.7 Å². The van der Waals surface area contributed by atoms with Crippen LogP contribution < -0.4 is 0 Å². The number of hydrogen-bond acceptors (Lipinski definition) is 6. The number of fused-ring (bicyclic) bond motifs is 1. The number of methoxy groups -OCH3 is 1. The number of aromatic nitrogens is 2. The van der Waals surface area contributed by atoms with Crippen molar-refractivity contribution in [2.45, 2.75) is 33.3 Å². The maximum Gasteiger partial charge on any atom is 0.420 e. The number of imidazole rings is 1. The summed E-state index contributed by atoms with van der Waals surface area (Å²) >= 11 is 0. The number of hydrogen-bond donors (Lipinski definition) is 1. The number of nitrogens with zero attached hydrogens (tertiary/aromatic N) is 2. The highest BCUT2D eigenvalue weighted by Crippen LogP contribution is 2.28. The Morgan fingerprint density at radius 2 is 1.91 bits per heavy atom. The lowest BCUT2D eigenvalue weighted by molar-refractivity contribution is 0.0537. The highest BCUT2D eigenvalue weighted by Gasteiger charge is 2.24. The maximum atomic E-state index is 12.3. The molecule has 7 nitrogen and oxygen atoms in total. The molecule has 2 rings (SSSR count). The second-order valence-corrected chi connectivity index (χ2v) is 5.83. The van der Waals surface area contributed by atoms with Crippen LogP contribution in [-0.4, -0.2) is 39.4 Å². The minimum absolute atomic E-state index is 0.122. The molecule has 0 bridgehead atoms. The van der Waals surface area contributed by atoms with Crippen LogP contribution in [0.4, 0.5) is 4.79 Å². The van der Waals surface area contributed by atoms with Crippen molar-refractivity contribution in [3.8, 4) is 5.75 Å². The van der Waals surface area contributed by atoms with Gasteiger partial charge in [-0.1, -0.05) is 0 Å². The van der Waals surface area contributed by atoms with Gasteiger partial charge in [0.05, 0.1) is 18.2 Å². The molecule has 1 aromatic heterocycles. The molecule has 7 heteroatoms. The largest absolute Gasteiger partial charge is 0.506 e. The van der Waals surface area contributed by atoms with Gasteiger partial charge < -0.3 is 14.6 Å². The van der Waals surface area contributed by atoms with E-state index in [1.54, 1.807) is 27.7 Å². The summed E-state index contributed by atoms with van der Waals surface area (Å²) in [5, 5.41) is 10.0. The average molecular weight is 306 g/mol. The highest BCUT2D eigenvalue weighted by atomic mass is 16.6. The van der Waals surface area contributed by atoms with Crippen molar-refractivity contribution < 1.29 is 24.2 Å². The van der Waals surface area contributed by atoms with E-state index in [0.29, 0.717) is 5.82 Å². The number of aromatic hydroxyl groups is 1. The molecule has 0 aliphatic carbocycles. The normalized spacial score (nSPS) is 11.5. The van der Waals surface area contributed by atoms with Gasteiger partial charge in [-0.2, -0.15) is 0 Å². The van der Waals surface area contributed by atoms with Gasteiger partial charge in [0.1, 0.15) is 22.7 Å². The van der Waals surface area contributed by atoms with Crippen LogP contribution in [0.5, 0.6) is 5.75 Å². The number of esters is 1. The first kappa shape index (κ1) is 15.8. The van der Waals surface area contributed by atoms with Crippen molar-refractivity contribution in [2.24, 2.45) is 0 Å². The van der Waals surface area contributed by atoms with Crippen LogP contribution in [0.1, 0.15) is 37.0 Å². The average Bonchev–Trinajstić information content (AvgIpc) is 2.72. The van der Waals surface area contributed by atoms with E-state index in [2.05, 4.69) is 9.72 Å². The van der Waals surface area contributed by atoms with E-state index in [1.165, 1.54) is 23.8 Å². The summed E-state index contributed by atoms with van der Waals surface area (Å²) in [6.45, 7) is 6.85. The van der Waals surface area contributed by atoms with Gasteiger partial charge in [0.15, 0.2) is 0 Å². The van der Waals surface area contributed by atoms with Gasteiger partial charge in [0.25, 0.3) is 0 Å². The molecule has 0 radical (unpaired) electrons. The first-order chi connectivity index (χ1) is 10.1. The van der Waals surface area contributed by atoms with Gasteiger partial charge in [-0.15, -0.1) is 0 Å². The molecule has 1 aromatic carbocycles. The zero-order valence-corrected chi connectivity index (χ0v) is 13.1. The van der Waals surface area contributed by atoms with Crippen molar-refractivity contribution in [2.75, 3.05) is 7.11 Å². The lowest BCUT2D eigenvalue weighted by Crippen LogP contribution is -2.27. The fourth-order valence-corrected chi connectivity index (χ4v) is 2.05. The zero-order chi connectivity index (χ0) is 16.7. The second kappa shape index (κ2) is 5.32. The number of phenols is 1. The predicted octanol–water partition coefficient (Wildman–Crippen LogP) is 2.62. The van der Waals surface area contributed by atoms with Gasteiger partial charge in [-0.05, 0) is 39.8 Å². The van der Waals surface area contributed by atoms with Crippen LogP contribution in [0.15, 0.2) is 12.1 Å². The molecule has 0 aliphatic heterocycles. The Balaban J connectivity index is 2.64. The molecule has 0 saturated carbocycles. The number of aryl methyl sites for hydroxylation is 1. The lowest BCUT2D eigenvalue weighted by atomic mass is 10.2. The Labute approximate surface area is 127 Å². The number of carbonyl (C=O) groups excluding carboxylic acids is 2. The quantitative estimate of drug-likeness (QED) is 0.814. The molecule has 0 atom stereocenters. The maximum absolute atomic E-state index is 12.3. The number of benzene rings is 1. The summed E-state index contributed by atoms with van der Waals surface area (Å²) in [6, 6.07) is 2.69. The molecule has 0 amide bonds. The molecular formula is C15H18N2O5. The number of carbonyl (C=O) groups is 2. The van der Waals surface area contributed by atoms with Crippen LogP contribution >= 0.6 is 0 Å². The van der Waals surface area contributed by atoms with Crippen molar-refractivity contribution in [1.82, 2.24) is 9.55 Å². The summed E-state index contributed by atoms with van der Waals surface area (Å²) in [4.78, 5) is 28.1. The van der Waals surface area contributed by atoms with Crippen molar-refractivity contribution in [3.63, 3.8) is 0 Å². The summed E-state index contributed by atoms with van der Waals surface area (Å²) in [6.07, 6.45) is -0.631.